The van der Waals surface area contributed by atoms with Crippen LogP contribution in [0.25, 0.3) is 0 Å². The lowest BCUT2D eigenvalue weighted by Crippen LogP contribution is -2.39. The third-order valence-electron chi connectivity index (χ3n) is 3.59. The van der Waals surface area contributed by atoms with Crippen molar-refractivity contribution in [2.75, 3.05) is 19.8 Å². The average molecular weight is 346 g/mol. The lowest BCUT2D eigenvalue weighted by atomic mass is 9.89. The molecule has 0 heterocycles. The van der Waals surface area contributed by atoms with Crippen LogP contribution in [0.5, 0.6) is 0 Å². The fraction of sp³-hybridized carbons (Fsp3) is 0.895. The van der Waals surface area contributed by atoms with Crippen molar-refractivity contribution in [1.29, 1.82) is 0 Å². The number of aliphatic hydroxyl groups is 1. The molecule has 0 rings (SSSR count). The molecule has 0 bridgehead atoms. The molecule has 0 aromatic rings. The highest BCUT2D eigenvalue weighted by Gasteiger charge is 2.26. The highest BCUT2D eigenvalue weighted by Crippen LogP contribution is 2.19. The molecular weight excluding hydrogens is 306 g/mol. The van der Waals surface area contributed by atoms with Gasteiger partial charge in [0.05, 0.1) is 12.7 Å². The third kappa shape index (κ3) is 15.9. The molecule has 0 unspecified atom stereocenters. The number of amides is 1. The molecule has 0 fully saturated rings. The summed E-state index contributed by atoms with van der Waals surface area (Å²) in [6.07, 6.45) is 3.18. The molecule has 0 radical (unpaired) electrons. The van der Waals surface area contributed by atoms with Crippen molar-refractivity contribution in [1.82, 2.24) is 5.32 Å². The van der Waals surface area contributed by atoms with Crippen LogP contribution in [0, 0.1) is 11.3 Å². The zero-order valence-electron chi connectivity index (χ0n) is 16.8. The van der Waals surface area contributed by atoms with Crippen LogP contribution in [0.2, 0.25) is 0 Å². The van der Waals surface area contributed by atoms with Gasteiger partial charge in [0.15, 0.2) is 0 Å². The van der Waals surface area contributed by atoms with Crippen molar-refractivity contribution in [3.63, 3.8) is 0 Å². The average Bonchev–Trinajstić information content (AvgIpc) is 2.49. The molecule has 144 valence electrons. The predicted octanol–water partition coefficient (Wildman–Crippen LogP) is 3.34. The van der Waals surface area contributed by atoms with Crippen molar-refractivity contribution in [2.45, 2.75) is 80.3 Å². The van der Waals surface area contributed by atoms with E-state index in [0.29, 0.717) is 37.7 Å². The van der Waals surface area contributed by atoms with Gasteiger partial charge in [0, 0.05) is 31.4 Å². The second-order valence-electron chi connectivity index (χ2n) is 7.36. The number of hydrogen-bond acceptors (Lipinski definition) is 4. The summed E-state index contributed by atoms with van der Waals surface area (Å²) in [6.45, 7) is 14.8. The minimum Gasteiger partial charge on any atom is -0.396 e. The number of carbonyl (C=O) groups excluding carboxylic acids is 2. The molecule has 0 aromatic heterocycles. The van der Waals surface area contributed by atoms with E-state index < -0.39 is 5.41 Å². The van der Waals surface area contributed by atoms with E-state index in [2.05, 4.69) is 19.2 Å². The van der Waals surface area contributed by atoms with Crippen LogP contribution in [0.1, 0.15) is 74.1 Å². The minimum absolute atomic E-state index is 0.0307. The van der Waals surface area contributed by atoms with Crippen molar-refractivity contribution in [3.05, 3.63) is 0 Å². The Labute approximate surface area is 148 Å². The molecule has 0 aliphatic rings. The van der Waals surface area contributed by atoms with E-state index in [0.717, 1.165) is 12.8 Å². The molecular formula is C19H39NO4. The first-order valence-electron chi connectivity index (χ1n) is 9.09. The Hall–Kier alpha value is -0.940. The minimum atomic E-state index is -0.507. The zero-order chi connectivity index (χ0) is 19.2. The Morgan fingerprint density at radius 2 is 1.75 bits per heavy atom. The number of nitrogens with one attached hydrogen (secondary N) is 1. The van der Waals surface area contributed by atoms with Gasteiger partial charge in [0.1, 0.15) is 5.78 Å². The van der Waals surface area contributed by atoms with Crippen molar-refractivity contribution in [2.24, 2.45) is 11.3 Å². The van der Waals surface area contributed by atoms with Crippen molar-refractivity contribution >= 4 is 11.7 Å². The number of Topliss-reactive ketones (excluding diaryl/α,β-unsaturated/α-hetero) is 1. The van der Waals surface area contributed by atoms with Gasteiger partial charge in [-0.05, 0) is 32.6 Å². The van der Waals surface area contributed by atoms with E-state index >= 15 is 0 Å². The SMILES string of the molecule is CC(C)OCCNC(=O)C(C)(C)CCO.CCC(=O)CCC(C)C. The third-order valence-corrected chi connectivity index (χ3v) is 3.59. The Kier molecular flexibility index (Phi) is 15.2. The van der Waals surface area contributed by atoms with Gasteiger partial charge >= 0.3 is 0 Å². The lowest BCUT2D eigenvalue weighted by molar-refractivity contribution is -0.130. The van der Waals surface area contributed by atoms with Gasteiger partial charge in [-0.2, -0.15) is 0 Å². The van der Waals surface area contributed by atoms with Gasteiger partial charge in [-0.15, -0.1) is 0 Å². The van der Waals surface area contributed by atoms with Gasteiger partial charge in [-0.25, -0.2) is 0 Å². The summed E-state index contributed by atoms with van der Waals surface area (Å²) in [5.74, 6) is 1.02. The van der Waals surface area contributed by atoms with Crippen LogP contribution in [0.3, 0.4) is 0 Å². The van der Waals surface area contributed by atoms with E-state index in [1.54, 1.807) is 0 Å². The summed E-state index contributed by atoms with van der Waals surface area (Å²) in [4.78, 5) is 22.3. The molecule has 0 saturated carbocycles. The molecule has 2 N–H and O–H groups in total. The maximum absolute atomic E-state index is 11.6. The van der Waals surface area contributed by atoms with Gasteiger partial charge in [0.25, 0.3) is 0 Å². The maximum atomic E-state index is 11.6. The summed E-state index contributed by atoms with van der Waals surface area (Å²) in [5.41, 5.74) is -0.507. The molecule has 24 heavy (non-hydrogen) atoms. The smallest absolute Gasteiger partial charge is 0.225 e. The molecule has 0 aromatic carbocycles. The highest BCUT2D eigenvalue weighted by atomic mass is 16.5. The first kappa shape index (κ1) is 25.3. The van der Waals surface area contributed by atoms with Crippen LogP contribution < -0.4 is 5.32 Å². The summed E-state index contributed by atoms with van der Waals surface area (Å²) >= 11 is 0. The normalized spacial score (nSPS) is 11.2. The van der Waals surface area contributed by atoms with Crippen LogP contribution >= 0.6 is 0 Å². The molecule has 0 atom stereocenters. The van der Waals surface area contributed by atoms with E-state index in [1.807, 2.05) is 34.6 Å². The molecule has 5 nitrogen and oxygen atoms in total. The summed E-state index contributed by atoms with van der Waals surface area (Å²) < 4.78 is 5.30. The quantitative estimate of drug-likeness (QED) is 0.563. The molecule has 1 amide bonds. The number of ether oxygens (including phenoxy) is 1. The van der Waals surface area contributed by atoms with E-state index in [9.17, 15) is 9.59 Å². The van der Waals surface area contributed by atoms with Crippen LogP contribution in [-0.2, 0) is 14.3 Å². The van der Waals surface area contributed by atoms with Crippen LogP contribution in [-0.4, -0.2) is 42.7 Å². The Morgan fingerprint density at radius 1 is 1.17 bits per heavy atom. The topological polar surface area (TPSA) is 75.6 Å². The van der Waals surface area contributed by atoms with Gasteiger partial charge in [-0.3, -0.25) is 9.59 Å². The van der Waals surface area contributed by atoms with Crippen molar-refractivity contribution in [3.8, 4) is 0 Å². The van der Waals surface area contributed by atoms with Crippen molar-refractivity contribution < 1.29 is 19.4 Å². The zero-order valence-corrected chi connectivity index (χ0v) is 16.8. The highest BCUT2D eigenvalue weighted by molar-refractivity contribution is 5.81. The fourth-order valence-electron chi connectivity index (χ4n) is 1.72. The molecule has 0 aliphatic carbocycles. The summed E-state index contributed by atoms with van der Waals surface area (Å²) in [5, 5.41) is 11.6. The number of ketones is 1. The Morgan fingerprint density at radius 3 is 2.17 bits per heavy atom. The van der Waals surface area contributed by atoms with Gasteiger partial charge in [0.2, 0.25) is 5.91 Å². The Balaban J connectivity index is 0. The van der Waals surface area contributed by atoms with Gasteiger partial charge in [-0.1, -0.05) is 34.6 Å². The predicted molar refractivity (Wildman–Crippen MR) is 99.0 cm³/mol. The monoisotopic (exact) mass is 345 g/mol. The van der Waals surface area contributed by atoms with E-state index in [4.69, 9.17) is 9.84 Å². The second-order valence-corrected chi connectivity index (χ2v) is 7.36. The largest absolute Gasteiger partial charge is 0.396 e. The van der Waals surface area contributed by atoms with E-state index in [-0.39, 0.29) is 18.6 Å². The second kappa shape index (κ2) is 14.4. The van der Waals surface area contributed by atoms with Crippen LogP contribution in [0.15, 0.2) is 0 Å². The number of rotatable bonds is 11. The van der Waals surface area contributed by atoms with Crippen LogP contribution in [0.4, 0.5) is 0 Å². The molecule has 5 heteroatoms. The lowest BCUT2D eigenvalue weighted by Gasteiger charge is -2.22. The number of carbonyl (C=O) groups is 2. The molecule has 0 saturated heterocycles. The first-order valence-corrected chi connectivity index (χ1v) is 9.09. The Bertz CT molecular complexity index is 338. The number of hydrogen-bond donors (Lipinski definition) is 2. The molecule has 0 spiro atoms. The number of aliphatic hydroxyl groups excluding tert-OH is 1. The molecule has 0 aliphatic heterocycles. The summed E-state index contributed by atoms with van der Waals surface area (Å²) in [7, 11) is 0. The maximum Gasteiger partial charge on any atom is 0.225 e. The van der Waals surface area contributed by atoms with Gasteiger partial charge < -0.3 is 15.2 Å². The summed E-state index contributed by atoms with van der Waals surface area (Å²) in [6, 6.07) is 0. The first-order chi connectivity index (χ1) is 11.1. The van der Waals surface area contributed by atoms with E-state index in [1.165, 1.54) is 0 Å². The standard InChI is InChI=1S/C11H23NO3.C8H16O/c1-9(2)15-8-6-12-10(14)11(3,4)5-7-13;1-4-8(9)6-5-7(2)3/h9,13H,5-8H2,1-4H3,(H,12,14);7H,4-6H2,1-3H3. The fourth-order valence-corrected chi connectivity index (χ4v) is 1.72.